The average Bonchev–Trinajstić information content (AvgIpc) is 3.32. The molecular formula is C16H25FN2O. The summed E-state index contributed by atoms with van der Waals surface area (Å²) < 4.78 is 17.1. The van der Waals surface area contributed by atoms with E-state index < -0.39 is 0 Å². The van der Waals surface area contributed by atoms with Gasteiger partial charge < -0.3 is 15.4 Å². The number of hydrogen-bond acceptors (Lipinski definition) is 3. The molecule has 3 rings (SSSR count). The lowest BCUT2D eigenvalue weighted by molar-refractivity contribution is 0.356. The molecule has 112 valence electrons. The number of halogens is 1. The minimum absolute atomic E-state index is 0.289. The maximum Gasteiger partial charge on any atom is 0.165 e. The van der Waals surface area contributed by atoms with Crippen molar-refractivity contribution < 1.29 is 9.13 Å². The van der Waals surface area contributed by atoms with Gasteiger partial charge in [0.15, 0.2) is 11.6 Å². The van der Waals surface area contributed by atoms with Crippen molar-refractivity contribution in [2.75, 3.05) is 26.7 Å². The fourth-order valence-electron chi connectivity index (χ4n) is 2.32. The predicted molar refractivity (Wildman–Crippen MR) is 79.6 cm³/mol. The van der Waals surface area contributed by atoms with Crippen molar-refractivity contribution in [3.8, 4) is 5.75 Å². The molecule has 0 spiro atoms. The van der Waals surface area contributed by atoms with E-state index in [4.69, 9.17) is 0 Å². The van der Waals surface area contributed by atoms with Gasteiger partial charge in [0.2, 0.25) is 0 Å². The Morgan fingerprint density at radius 1 is 1.20 bits per heavy atom. The van der Waals surface area contributed by atoms with Gasteiger partial charge in [-0.1, -0.05) is 12.1 Å². The number of benzene rings is 1. The van der Waals surface area contributed by atoms with Gasteiger partial charge in [0.25, 0.3) is 0 Å². The monoisotopic (exact) mass is 280 g/mol. The number of nitrogens with one attached hydrogen (secondary N) is 2. The van der Waals surface area contributed by atoms with Crippen LogP contribution in [0.3, 0.4) is 0 Å². The Balaban J connectivity index is 0.000000151. The topological polar surface area (TPSA) is 33.3 Å². The van der Waals surface area contributed by atoms with E-state index in [0.29, 0.717) is 0 Å². The first-order chi connectivity index (χ1) is 9.79. The maximum absolute atomic E-state index is 12.5. The van der Waals surface area contributed by atoms with Crippen LogP contribution in [0, 0.1) is 11.7 Å². The van der Waals surface area contributed by atoms with E-state index in [2.05, 4.69) is 15.4 Å². The van der Waals surface area contributed by atoms with Crippen LogP contribution in [0.4, 0.5) is 4.39 Å². The van der Waals surface area contributed by atoms with Gasteiger partial charge in [-0.25, -0.2) is 4.39 Å². The molecular weight excluding hydrogens is 255 g/mol. The van der Waals surface area contributed by atoms with Crippen molar-refractivity contribution in [2.24, 2.45) is 5.92 Å². The number of rotatable bonds is 4. The highest BCUT2D eigenvalue weighted by Gasteiger charge is 2.22. The third-order valence-electron chi connectivity index (χ3n) is 3.79. The van der Waals surface area contributed by atoms with Gasteiger partial charge in [0, 0.05) is 6.04 Å². The second-order valence-corrected chi connectivity index (χ2v) is 5.51. The second kappa shape index (κ2) is 8.22. The predicted octanol–water partition coefficient (Wildman–Crippen LogP) is 2.57. The molecule has 2 aliphatic rings. The molecule has 1 saturated heterocycles. The minimum atomic E-state index is -0.319. The van der Waals surface area contributed by atoms with Crippen molar-refractivity contribution in [3.05, 3.63) is 30.1 Å². The molecule has 0 unspecified atom stereocenters. The number of hydrogen-bond donors (Lipinski definition) is 2. The SMILES string of the molecule is C1CC(CNC2CC2)CCN1.COc1ccccc1F. The third kappa shape index (κ3) is 5.47. The zero-order valence-corrected chi connectivity index (χ0v) is 12.2. The first kappa shape index (κ1) is 15.3. The molecule has 1 aliphatic carbocycles. The van der Waals surface area contributed by atoms with E-state index in [1.165, 1.54) is 58.5 Å². The van der Waals surface area contributed by atoms with Crippen LogP contribution in [0.15, 0.2) is 24.3 Å². The number of methoxy groups -OCH3 is 1. The van der Waals surface area contributed by atoms with E-state index in [-0.39, 0.29) is 11.6 Å². The Morgan fingerprint density at radius 2 is 1.90 bits per heavy atom. The average molecular weight is 280 g/mol. The van der Waals surface area contributed by atoms with Crippen LogP contribution in [0.5, 0.6) is 5.75 Å². The Bertz CT molecular complexity index is 390. The van der Waals surface area contributed by atoms with Gasteiger partial charge in [0.1, 0.15) is 0 Å². The molecule has 1 aliphatic heterocycles. The summed E-state index contributed by atoms with van der Waals surface area (Å²) in [4.78, 5) is 0. The Morgan fingerprint density at radius 3 is 2.45 bits per heavy atom. The van der Waals surface area contributed by atoms with E-state index in [1.807, 2.05) is 0 Å². The summed E-state index contributed by atoms with van der Waals surface area (Å²) >= 11 is 0. The molecule has 0 amide bonds. The molecule has 1 aromatic carbocycles. The number of ether oxygens (including phenoxy) is 1. The van der Waals surface area contributed by atoms with Crippen LogP contribution in [0.1, 0.15) is 25.7 Å². The van der Waals surface area contributed by atoms with Gasteiger partial charge in [0.05, 0.1) is 7.11 Å². The first-order valence-corrected chi connectivity index (χ1v) is 7.52. The summed E-state index contributed by atoms with van der Waals surface area (Å²) in [6.07, 6.45) is 5.59. The summed E-state index contributed by atoms with van der Waals surface area (Å²) in [7, 11) is 1.44. The molecule has 1 saturated carbocycles. The highest BCUT2D eigenvalue weighted by atomic mass is 19.1. The van der Waals surface area contributed by atoms with E-state index in [9.17, 15) is 4.39 Å². The largest absolute Gasteiger partial charge is 0.494 e. The molecule has 4 heteroatoms. The quantitative estimate of drug-likeness (QED) is 0.889. The molecule has 3 nitrogen and oxygen atoms in total. The zero-order valence-electron chi connectivity index (χ0n) is 12.2. The lowest BCUT2D eigenvalue weighted by Crippen LogP contribution is -2.34. The number of piperidine rings is 1. The zero-order chi connectivity index (χ0) is 14.2. The second-order valence-electron chi connectivity index (χ2n) is 5.51. The first-order valence-electron chi connectivity index (χ1n) is 7.52. The maximum atomic E-state index is 12.5. The summed E-state index contributed by atoms with van der Waals surface area (Å²) in [5, 5.41) is 6.99. The standard InChI is InChI=1S/C9H18N2.C7H7FO/c1-2-9(1)11-7-8-3-5-10-6-4-8;1-9-7-5-3-2-4-6(7)8/h8-11H,1-7H2;2-5H,1H3. The highest BCUT2D eigenvalue weighted by molar-refractivity contribution is 5.23. The summed E-state index contributed by atoms with van der Waals surface area (Å²) in [5.74, 6) is 0.925. The molecule has 0 aromatic heterocycles. The van der Waals surface area contributed by atoms with Gasteiger partial charge in [-0.15, -0.1) is 0 Å². The van der Waals surface area contributed by atoms with Crippen LogP contribution in [-0.2, 0) is 0 Å². The van der Waals surface area contributed by atoms with Gasteiger partial charge in [-0.05, 0) is 63.4 Å². The van der Waals surface area contributed by atoms with Crippen molar-refractivity contribution in [3.63, 3.8) is 0 Å². The lowest BCUT2D eigenvalue weighted by atomic mass is 9.98. The fourth-order valence-corrected chi connectivity index (χ4v) is 2.32. The molecule has 0 radical (unpaired) electrons. The van der Waals surface area contributed by atoms with E-state index in [1.54, 1.807) is 18.2 Å². The summed E-state index contributed by atoms with van der Waals surface area (Å²) in [6, 6.07) is 7.18. The van der Waals surface area contributed by atoms with Crippen LogP contribution in [-0.4, -0.2) is 32.8 Å². The smallest absolute Gasteiger partial charge is 0.165 e. The van der Waals surface area contributed by atoms with Crippen molar-refractivity contribution in [1.82, 2.24) is 10.6 Å². The molecule has 0 atom stereocenters. The minimum Gasteiger partial charge on any atom is -0.494 e. The number of para-hydroxylation sites is 1. The normalized spacial score (nSPS) is 19.1. The Labute approximate surface area is 120 Å². The van der Waals surface area contributed by atoms with Gasteiger partial charge in [-0.3, -0.25) is 0 Å². The van der Waals surface area contributed by atoms with E-state index >= 15 is 0 Å². The van der Waals surface area contributed by atoms with Crippen LogP contribution in [0.2, 0.25) is 0 Å². The molecule has 0 bridgehead atoms. The van der Waals surface area contributed by atoms with Crippen LogP contribution >= 0.6 is 0 Å². The molecule has 20 heavy (non-hydrogen) atoms. The Kier molecular flexibility index (Phi) is 6.27. The van der Waals surface area contributed by atoms with Crippen molar-refractivity contribution in [1.29, 1.82) is 0 Å². The molecule has 1 heterocycles. The molecule has 2 N–H and O–H groups in total. The highest BCUT2D eigenvalue weighted by Crippen LogP contribution is 2.20. The van der Waals surface area contributed by atoms with E-state index in [0.717, 1.165) is 12.0 Å². The van der Waals surface area contributed by atoms with Crippen LogP contribution in [0.25, 0.3) is 0 Å². The third-order valence-corrected chi connectivity index (χ3v) is 3.79. The fraction of sp³-hybridized carbons (Fsp3) is 0.625. The Hall–Kier alpha value is -1.13. The molecule has 2 fully saturated rings. The lowest BCUT2D eigenvalue weighted by Gasteiger charge is -2.22. The summed E-state index contributed by atoms with van der Waals surface area (Å²) in [6.45, 7) is 3.74. The molecule has 1 aromatic rings. The van der Waals surface area contributed by atoms with Gasteiger partial charge >= 0.3 is 0 Å². The summed E-state index contributed by atoms with van der Waals surface area (Å²) in [5.41, 5.74) is 0. The van der Waals surface area contributed by atoms with Crippen LogP contribution < -0.4 is 15.4 Å². The van der Waals surface area contributed by atoms with Gasteiger partial charge in [-0.2, -0.15) is 0 Å². The van der Waals surface area contributed by atoms with Crippen molar-refractivity contribution in [2.45, 2.75) is 31.7 Å². The van der Waals surface area contributed by atoms with Crippen molar-refractivity contribution >= 4 is 0 Å².